The zero-order chi connectivity index (χ0) is 27.3. The lowest BCUT2D eigenvalue weighted by molar-refractivity contribution is -0.137. The molecule has 4 aromatic rings. The van der Waals surface area contributed by atoms with Crippen molar-refractivity contribution in [1.29, 1.82) is 0 Å². The molecule has 2 N–H and O–H groups in total. The van der Waals surface area contributed by atoms with Crippen LogP contribution in [0.4, 0.5) is 18.3 Å². The van der Waals surface area contributed by atoms with E-state index in [1.807, 2.05) is 31.3 Å². The van der Waals surface area contributed by atoms with Crippen LogP contribution in [0, 0.1) is 0 Å². The molecule has 5 heterocycles. The summed E-state index contributed by atoms with van der Waals surface area (Å²) in [7, 11) is 2.04. The molecule has 2 aliphatic rings. The summed E-state index contributed by atoms with van der Waals surface area (Å²) in [5, 5.41) is 3.54. The van der Waals surface area contributed by atoms with E-state index in [2.05, 4.69) is 25.2 Å². The normalized spacial score (nSPS) is 17.6. The maximum Gasteiger partial charge on any atom is 0.417 e. The van der Waals surface area contributed by atoms with Gasteiger partial charge in [-0.3, -0.25) is 9.59 Å². The number of amides is 2. The van der Waals surface area contributed by atoms with Crippen molar-refractivity contribution in [3.63, 3.8) is 0 Å². The molecular formula is C27H25F3N6O2S. The van der Waals surface area contributed by atoms with Gasteiger partial charge in [-0.25, -0.2) is 9.97 Å². The van der Waals surface area contributed by atoms with Gasteiger partial charge in [0.1, 0.15) is 5.65 Å². The number of anilines is 1. The SMILES string of the molecule is CN1CCc2nc(NC(=O)C[C@H]3Cc4ccccc4CN3C(=O)c3c[nH]c4ncc(C(F)(F)F)cc34)sc2C1. The Bertz CT molecular complexity index is 1580. The number of hydrogen-bond donors (Lipinski definition) is 2. The molecule has 0 fully saturated rings. The van der Waals surface area contributed by atoms with Crippen LogP contribution in [0.5, 0.6) is 0 Å². The lowest BCUT2D eigenvalue weighted by atomic mass is 9.91. The summed E-state index contributed by atoms with van der Waals surface area (Å²) in [6.07, 6.45) is -1.16. The summed E-state index contributed by atoms with van der Waals surface area (Å²) in [5.74, 6) is -0.723. The number of halogens is 3. The molecule has 1 aromatic carbocycles. The molecule has 39 heavy (non-hydrogen) atoms. The molecule has 0 aliphatic carbocycles. The van der Waals surface area contributed by atoms with Crippen LogP contribution in [0.2, 0.25) is 0 Å². The molecule has 0 unspecified atom stereocenters. The monoisotopic (exact) mass is 554 g/mol. The van der Waals surface area contributed by atoms with E-state index < -0.39 is 23.7 Å². The van der Waals surface area contributed by atoms with Crippen LogP contribution in [0.3, 0.4) is 0 Å². The summed E-state index contributed by atoms with van der Waals surface area (Å²) in [6, 6.07) is 8.13. The van der Waals surface area contributed by atoms with E-state index >= 15 is 0 Å². The number of carbonyl (C=O) groups is 2. The number of pyridine rings is 1. The van der Waals surface area contributed by atoms with Gasteiger partial charge in [0.15, 0.2) is 5.13 Å². The predicted octanol–water partition coefficient (Wildman–Crippen LogP) is 4.62. The fraction of sp³-hybridized carbons (Fsp3) is 0.333. The van der Waals surface area contributed by atoms with E-state index in [4.69, 9.17) is 0 Å². The Morgan fingerprint density at radius 1 is 1.21 bits per heavy atom. The third kappa shape index (κ3) is 5.01. The number of fused-ring (bicyclic) bond motifs is 3. The first kappa shape index (κ1) is 25.5. The van der Waals surface area contributed by atoms with Gasteiger partial charge in [-0.15, -0.1) is 11.3 Å². The second kappa shape index (κ2) is 9.76. The first-order valence-corrected chi connectivity index (χ1v) is 13.4. The number of nitrogens with one attached hydrogen (secondary N) is 2. The summed E-state index contributed by atoms with van der Waals surface area (Å²) in [6.45, 7) is 1.94. The number of benzene rings is 1. The van der Waals surface area contributed by atoms with Crippen molar-refractivity contribution < 1.29 is 22.8 Å². The fourth-order valence-electron chi connectivity index (χ4n) is 5.26. The maximum atomic E-state index is 13.8. The minimum Gasteiger partial charge on any atom is -0.345 e. The van der Waals surface area contributed by atoms with Crippen molar-refractivity contribution in [2.24, 2.45) is 0 Å². The Balaban J connectivity index is 1.27. The van der Waals surface area contributed by atoms with Gasteiger partial charge in [0.2, 0.25) is 5.91 Å². The molecule has 0 saturated carbocycles. The molecule has 12 heteroatoms. The lowest BCUT2D eigenvalue weighted by Crippen LogP contribution is -2.46. The maximum absolute atomic E-state index is 13.8. The van der Waals surface area contributed by atoms with Gasteiger partial charge in [0.05, 0.1) is 16.8 Å². The predicted molar refractivity (Wildman–Crippen MR) is 140 cm³/mol. The number of hydrogen-bond acceptors (Lipinski definition) is 6. The summed E-state index contributed by atoms with van der Waals surface area (Å²) in [4.78, 5) is 43.1. The number of likely N-dealkylation sites (N-methyl/N-ethyl adjacent to an activating group) is 1. The van der Waals surface area contributed by atoms with Crippen LogP contribution in [0.1, 0.15) is 44.0 Å². The molecule has 6 rings (SSSR count). The van der Waals surface area contributed by atoms with E-state index in [1.165, 1.54) is 17.5 Å². The van der Waals surface area contributed by atoms with Gasteiger partial charge in [0, 0.05) is 61.2 Å². The highest BCUT2D eigenvalue weighted by Gasteiger charge is 2.35. The number of alkyl halides is 3. The number of carbonyl (C=O) groups excluding carboxylic acids is 2. The minimum absolute atomic E-state index is 0.0264. The van der Waals surface area contributed by atoms with Crippen LogP contribution in [-0.4, -0.2) is 56.2 Å². The average Bonchev–Trinajstić information content (AvgIpc) is 3.50. The van der Waals surface area contributed by atoms with Crippen molar-refractivity contribution in [2.75, 3.05) is 18.9 Å². The summed E-state index contributed by atoms with van der Waals surface area (Å²) >= 11 is 1.46. The van der Waals surface area contributed by atoms with E-state index in [0.717, 1.165) is 53.5 Å². The standard InChI is InChI=1S/C27H25F3N6O2S/c1-35-7-6-21-22(14-35)39-26(33-21)34-23(37)10-18-8-15-4-2-3-5-16(15)13-36(18)25(38)20-12-32-24-19(20)9-17(11-31-24)27(28,29)30/h2-5,9,11-12,18H,6-8,10,13-14H2,1H3,(H,31,32)(H,33,34,37)/t18-/m1/s1. The third-order valence-electron chi connectivity index (χ3n) is 7.29. The summed E-state index contributed by atoms with van der Waals surface area (Å²) < 4.78 is 40.1. The van der Waals surface area contributed by atoms with Gasteiger partial charge in [-0.2, -0.15) is 13.2 Å². The van der Waals surface area contributed by atoms with Crippen LogP contribution < -0.4 is 5.32 Å². The molecular weight excluding hydrogens is 529 g/mol. The van der Waals surface area contributed by atoms with Crippen molar-refractivity contribution in [3.05, 3.63) is 75.6 Å². The Labute approximate surface area is 225 Å². The van der Waals surface area contributed by atoms with Crippen LogP contribution in [-0.2, 0) is 36.9 Å². The molecule has 3 aromatic heterocycles. The van der Waals surface area contributed by atoms with E-state index in [1.54, 1.807) is 4.90 Å². The van der Waals surface area contributed by atoms with Crippen molar-refractivity contribution >= 4 is 39.3 Å². The van der Waals surface area contributed by atoms with Gasteiger partial charge in [-0.1, -0.05) is 24.3 Å². The molecule has 1 atom stereocenters. The Kier molecular flexibility index (Phi) is 6.38. The van der Waals surface area contributed by atoms with Crippen molar-refractivity contribution in [2.45, 2.75) is 44.6 Å². The number of H-pyrrole nitrogens is 1. The molecule has 0 bridgehead atoms. The number of aromatic nitrogens is 3. The lowest BCUT2D eigenvalue weighted by Gasteiger charge is -2.36. The highest BCUT2D eigenvalue weighted by atomic mass is 32.1. The zero-order valence-electron chi connectivity index (χ0n) is 21.0. The second-order valence-electron chi connectivity index (χ2n) is 10.0. The molecule has 8 nitrogen and oxygen atoms in total. The first-order valence-electron chi connectivity index (χ1n) is 12.5. The van der Waals surface area contributed by atoms with E-state index in [9.17, 15) is 22.8 Å². The molecule has 0 saturated heterocycles. The molecule has 2 aliphatic heterocycles. The number of thiazole rings is 1. The van der Waals surface area contributed by atoms with Crippen LogP contribution in [0.25, 0.3) is 11.0 Å². The number of rotatable bonds is 4. The highest BCUT2D eigenvalue weighted by molar-refractivity contribution is 7.15. The van der Waals surface area contributed by atoms with E-state index in [0.29, 0.717) is 11.6 Å². The van der Waals surface area contributed by atoms with Crippen LogP contribution in [0.15, 0.2) is 42.7 Å². The fourth-order valence-corrected chi connectivity index (χ4v) is 6.36. The Morgan fingerprint density at radius 3 is 2.79 bits per heavy atom. The van der Waals surface area contributed by atoms with Crippen molar-refractivity contribution in [1.82, 2.24) is 24.8 Å². The summed E-state index contributed by atoms with van der Waals surface area (Å²) in [5.41, 5.74) is 2.32. The molecule has 2 amide bonds. The van der Waals surface area contributed by atoms with Gasteiger partial charge in [0.25, 0.3) is 5.91 Å². The topological polar surface area (TPSA) is 94.2 Å². The first-order chi connectivity index (χ1) is 18.7. The second-order valence-corrected chi connectivity index (χ2v) is 11.1. The Morgan fingerprint density at radius 2 is 2.00 bits per heavy atom. The molecule has 202 valence electrons. The number of nitrogens with zero attached hydrogens (tertiary/aromatic N) is 4. The smallest absolute Gasteiger partial charge is 0.345 e. The average molecular weight is 555 g/mol. The van der Waals surface area contributed by atoms with E-state index in [-0.39, 0.29) is 35.5 Å². The number of aromatic amines is 1. The highest BCUT2D eigenvalue weighted by Crippen LogP contribution is 2.33. The third-order valence-corrected chi connectivity index (χ3v) is 8.29. The largest absolute Gasteiger partial charge is 0.417 e. The minimum atomic E-state index is -4.59. The van der Waals surface area contributed by atoms with Gasteiger partial charge in [-0.05, 0) is 30.7 Å². The van der Waals surface area contributed by atoms with Gasteiger partial charge < -0.3 is 20.1 Å². The van der Waals surface area contributed by atoms with Crippen molar-refractivity contribution in [3.8, 4) is 0 Å². The van der Waals surface area contributed by atoms with Gasteiger partial charge >= 0.3 is 6.18 Å². The molecule has 0 radical (unpaired) electrons. The van der Waals surface area contributed by atoms with Crippen LogP contribution >= 0.6 is 11.3 Å². The molecule has 0 spiro atoms. The Hall–Kier alpha value is -3.77. The zero-order valence-corrected chi connectivity index (χ0v) is 21.8. The quantitative estimate of drug-likeness (QED) is 0.384.